The number of aromatic nitrogens is 3. The molecule has 3 aromatic rings. The molecule has 1 fully saturated rings. The summed E-state index contributed by atoms with van der Waals surface area (Å²) >= 11 is 12.5. The van der Waals surface area contributed by atoms with Crippen LogP contribution in [-0.2, 0) is 0 Å². The van der Waals surface area contributed by atoms with E-state index in [9.17, 15) is 9.59 Å². The summed E-state index contributed by atoms with van der Waals surface area (Å²) in [7, 11) is 0. The molecule has 0 atom stereocenters. The van der Waals surface area contributed by atoms with Crippen LogP contribution in [0.3, 0.4) is 0 Å². The second-order valence-electron chi connectivity index (χ2n) is 6.86. The summed E-state index contributed by atoms with van der Waals surface area (Å²) in [5.74, 6) is -0.679. The number of carbonyl (C=O) groups excluding carboxylic acids is 2. The van der Waals surface area contributed by atoms with E-state index in [1.165, 1.54) is 17.1 Å². The number of para-hydroxylation sites is 1. The number of nitrogens with zero attached hydrogens (tertiary/aromatic N) is 5. The largest absolute Gasteiger partial charge is 0.364 e. The summed E-state index contributed by atoms with van der Waals surface area (Å²) in [5, 5.41) is 16.7. The van der Waals surface area contributed by atoms with Crippen molar-refractivity contribution in [3.63, 3.8) is 0 Å². The molecule has 0 saturated carbocycles. The monoisotopic (exact) mass is 455 g/mol. The number of hydrogen-bond donors (Lipinski definition) is 2. The number of benzene rings is 1. The van der Waals surface area contributed by atoms with E-state index in [2.05, 4.69) is 21.5 Å². The minimum atomic E-state index is -0.749. The Morgan fingerprint density at radius 3 is 2.48 bits per heavy atom. The average Bonchev–Trinajstić information content (AvgIpc) is 3.11. The minimum absolute atomic E-state index is 0.0268. The SMILES string of the molecule is N#CC1CN(C(=O)c2ccc(Nc3cn(-c4c(Cl)cccc4Cl)nc3C(N)=O)nc2)C1. The molecule has 0 bridgehead atoms. The molecule has 0 radical (unpaired) electrons. The Morgan fingerprint density at radius 2 is 1.90 bits per heavy atom. The van der Waals surface area contributed by atoms with Crippen molar-refractivity contribution < 1.29 is 9.59 Å². The Bertz CT molecular complexity index is 1190. The fourth-order valence-electron chi connectivity index (χ4n) is 3.11. The lowest BCUT2D eigenvalue weighted by atomic mass is 10.0. The number of amides is 2. The van der Waals surface area contributed by atoms with Crippen LogP contribution >= 0.6 is 23.2 Å². The lowest BCUT2D eigenvalue weighted by Gasteiger charge is -2.35. The number of nitrogens with two attached hydrogens (primary N) is 1. The predicted molar refractivity (Wildman–Crippen MR) is 115 cm³/mol. The number of carbonyl (C=O) groups is 2. The van der Waals surface area contributed by atoms with Gasteiger partial charge in [-0.2, -0.15) is 10.4 Å². The van der Waals surface area contributed by atoms with Gasteiger partial charge in [-0.25, -0.2) is 9.67 Å². The van der Waals surface area contributed by atoms with Crippen LogP contribution in [0.15, 0.2) is 42.7 Å². The third kappa shape index (κ3) is 4.03. The highest BCUT2D eigenvalue weighted by Gasteiger charge is 2.31. The molecule has 156 valence electrons. The highest BCUT2D eigenvalue weighted by atomic mass is 35.5. The maximum absolute atomic E-state index is 12.4. The van der Waals surface area contributed by atoms with Gasteiger partial charge in [-0.05, 0) is 24.3 Å². The number of halogens is 2. The molecular weight excluding hydrogens is 441 g/mol. The van der Waals surface area contributed by atoms with E-state index >= 15 is 0 Å². The van der Waals surface area contributed by atoms with Crippen LogP contribution in [0.4, 0.5) is 11.5 Å². The lowest BCUT2D eigenvalue weighted by molar-refractivity contribution is 0.0577. The summed E-state index contributed by atoms with van der Waals surface area (Å²) in [6.07, 6.45) is 2.94. The fraction of sp³-hybridized carbons (Fsp3) is 0.150. The predicted octanol–water partition coefficient (Wildman–Crippen LogP) is 3.01. The zero-order chi connectivity index (χ0) is 22.1. The molecule has 2 aromatic heterocycles. The van der Waals surface area contributed by atoms with Gasteiger partial charge in [0.15, 0.2) is 5.69 Å². The molecule has 1 aliphatic rings. The first-order chi connectivity index (χ1) is 14.9. The van der Waals surface area contributed by atoms with E-state index in [1.54, 1.807) is 35.2 Å². The summed E-state index contributed by atoms with van der Waals surface area (Å²) in [5.41, 5.74) is 6.54. The first-order valence-corrected chi connectivity index (χ1v) is 9.88. The fourth-order valence-corrected chi connectivity index (χ4v) is 3.68. The summed E-state index contributed by atoms with van der Waals surface area (Å²) in [6.45, 7) is 0.836. The van der Waals surface area contributed by atoms with Crippen molar-refractivity contribution in [1.29, 1.82) is 5.26 Å². The Hall–Kier alpha value is -3.61. The summed E-state index contributed by atoms with van der Waals surface area (Å²) < 4.78 is 1.36. The molecule has 9 nitrogen and oxygen atoms in total. The van der Waals surface area contributed by atoms with Crippen LogP contribution in [0.2, 0.25) is 10.0 Å². The van der Waals surface area contributed by atoms with Gasteiger partial charge >= 0.3 is 0 Å². The molecule has 0 aliphatic carbocycles. The Morgan fingerprint density at radius 1 is 1.19 bits per heavy atom. The molecule has 1 saturated heterocycles. The van der Waals surface area contributed by atoms with Gasteiger partial charge in [-0.1, -0.05) is 29.3 Å². The van der Waals surface area contributed by atoms with Crippen LogP contribution < -0.4 is 11.1 Å². The lowest BCUT2D eigenvalue weighted by Crippen LogP contribution is -2.49. The zero-order valence-electron chi connectivity index (χ0n) is 15.9. The van der Waals surface area contributed by atoms with Gasteiger partial charge in [0.2, 0.25) is 0 Å². The molecule has 3 heterocycles. The number of hydrogen-bond acceptors (Lipinski definition) is 6. The van der Waals surface area contributed by atoms with Crippen LogP contribution in [0.25, 0.3) is 5.69 Å². The molecule has 31 heavy (non-hydrogen) atoms. The van der Waals surface area contributed by atoms with E-state index in [1.807, 2.05) is 0 Å². The first kappa shape index (κ1) is 20.7. The van der Waals surface area contributed by atoms with E-state index < -0.39 is 5.91 Å². The number of likely N-dealkylation sites (tertiary alicyclic amines) is 1. The van der Waals surface area contributed by atoms with Crippen molar-refractivity contribution >= 4 is 46.5 Å². The molecular formula is C20H15Cl2N7O2. The number of primary amides is 1. The zero-order valence-corrected chi connectivity index (χ0v) is 17.4. The average molecular weight is 456 g/mol. The van der Waals surface area contributed by atoms with E-state index in [-0.39, 0.29) is 17.5 Å². The highest BCUT2D eigenvalue weighted by Crippen LogP contribution is 2.30. The van der Waals surface area contributed by atoms with Crippen molar-refractivity contribution in [2.45, 2.75) is 0 Å². The third-order valence-corrected chi connectivity index (χ3v) is 5.35. The second kappa shape index (κ2) is 8.26. The number of pyridine rings is 1. The maximum atomic E-state index is 12.4. The number of rotatable bonds is 5. The van der Waals surface area contributed by atoms with E-state index in [0.717, 1.165) is 0 Å². The van der Waals surface area contributed by atoms with Crippen molar-refractivity contribution in [3.8, 4) is 11.8 Å². The molecule has 1 aliphatic heterocycles. The summed E-state index contributed by atoms with van der Waals surface area (Å²) in [4.78, 5) is 30.1. The van der Waals surface area contributed by atoms with Crippen molar-refractivity contribution in [1.82, 2.24) is 19.7 Å². The van der Waals surface area contributed by atoms with Gasteiger partial charge in [0.1, 0.15) is 11.5 Å². The van der Waals surface area contributed by atoms with Crippen LogP contribution in [0.5, 0.6) is 0 Å². The molecule has 11 heteroatoms. The molecule has 4 rings (SSSR count). The normalized spacial score (nSPS) is 13.4. The van der Waals surface area contributed by atoms with Crippen LogP contribution in [-0.4, -0.2) is 44.6 Å². The standard InChI is InChI=1S/C20H15Cl2N7O2/c21-13-2-1-3-14(22)18(13)29-10-15(17(27-29)19(24)30)26-16-5-4-12(7-25-16)20(31)28-8-11(6-23)9-28/h1-5,7,10-11H,8-9H2,(H2,24,30)(H,25,26). The highest BCUT2D eigenvalue weighted by molar-refractivity contribution is 6.37. The van der Waals surface area contributed by atoms with E-state index in [0.29, 0.717) is 45.9 Å². The van der Waals surface area contributed by atoms with Crippen molar-refractivity contribution in [2.24, 2.45) is 11.7 Å². The van der Waals surface area contributed by atoms with Gasteiger partial charge in [0, 0.05) is 19.3 Å². The quantitative estimate of drug-likeness (QED) is 0.607. The van der Waals surface area contributed by atoms with Crippen LogP contribution in [0, 0.1) is 17.2 Å². The minimum Gasteiger partial charge on any atom is -0.364 e. The Balaban J connectivity index is 1.57. The maximum Gasteiger partial charge on any atom is 0.271 e. The third-order valence-electron chi connectivity index (χ3n) is 4.74. The van der Waals surface area contributed by atoms with Gasteiger partial charge in [-0.15, -0.1) is 0 Å². The molecule has 3 N–H and O–H groups in total. The molecule has 1 aromatic carbocycles. The van der Waals surface area contributed by atoms with Gasteiger partial charge in [0.05, 0.1) is 39.5 Å². The molecule has 2 amide bonds. The number of nitriles is 1. The Kier molecular flexibility index (Phi) is 5.50. The topological polar surface area (TPSA) is 130 Å². The Labute approximate surface area is 187 Å². The van der Waals surface area contributed by atoms with Gasteiger partial charge in [0.25, 0.3) is 11.8 Å². The first-order valence-electron chi connectivity index (χ1n) is 9.13. The van der Waals surface area contributed by atoms with Gasteiger partial charge < -0.3 is 16.0 Å². The number of anilines is 2. The molecule has 0 unspecified atom stereocenters. The van der Waals surface area contributed by atoms with Gasteiger partial charge in [-0.3, -0.25) is 9.59 Å². The van der Waals surface area contributed by atoms with Crippen molar-refractivity contribution in [2.75, 3.05) is 18.4 Å². The molecule has 0 spiro atoms. The van der Waals surface area contributed by atoms with Crippen LogP contribution in [0.1, 0.15) is 20.8 Å². The second-order valence-corrected chi connectivity index (χ2v) is 7.68. The smallest absolute Gasteiger partial charge is 0.271 e. The summed E-state index contributed by atoms with van der Waals surface area (Å²) in [6, 6.07) is 10.3. The number of nitrogens with one attached hydrogen (secondary N) is 1. The van der Waals surface area contributed by atoms with E-state index in [4.69, 9.17) is 34.2 Å². The van der Waals surface area contributed by atoms with Crippen molar-refractivity contribution in [3.05, 3.63) is 64.0 Å².